The van der Waals surface area contributed by atoms with Crippen molar-refractivity contribution in [2.24, 2.45) is 0 Å². The standard InChI is InChI=1S/C16H16N/c1-13-11-15-9-5-6-10-16(15)17(13)12-14-7-3-2-4-8-14/h2-10,12-13H,11H2,1H3/q+1. The molecular formula is C16H16N+. The second kappa shape index (κ2) is 4.17. The van der Waals surface area contributed by atoms with Crippen molar-refractivity contribution in [3.63, 3.8) is 0 Å². The summed E-state index contributed by atoms with van der Waals surface area (Å²) in [5.41, 5.74) is 4.06. The number of para-hydroxylation sites is 1. The lowest BCUT2D eigenvalue weighted by molar-refractivity contribution is -0.463. The Balaban J connectivity index is 2.07. The van der Waals surface area contributed by atoms with Crippen LogP contribution < -0.4 is 0 Å². The van der Waals surface area contributed by atoms with Crippen LogP contribution in [0.1, 0.15) is 18.1 Å². The molecule has 0 N–H and O–H groups in total. The summed E-state index contributed by atoms with van der Waals surface area (Å²) in [7, 11) is 0. The summed E-state index contributed by atoms with van der Waals surface area (Å²) in [6, 6.07) is 19.7. The van der Waals surface area contributed by atoms with Gasteiger partial charge in [0, 0.05) is 23.6 Å². The van der Waals surface area contributed by atoms with Gasteiger partial charge in [-0.25, -0.2) is 0 Å². The Bertz CT molecular complexity index is 555. The molecule has 84 valence electrons. The minimum atomic E-state index is 0.549. The maximum atomic E-state index is 2.38. The minimum absolute atomic E-state index is 0.549. The van der Waals surface area contributed by atoms with Crippen LogP contribution in [-0.4, -0.2) is 16.8 Å². The Morgan fingerprint density at radius 3 is 2.53 bits per heavy atom. The molecule has 0 spiro atoms. The van der Waals surface area contributed by atoms with Crippen molar-refractivity contribution in [1.29, 1.82) is 0 Å². The van der Waals surface area contributed by atoms with Crippen LogP contribution in [0.4, 0.5) is 5.69 Å². The maximum absolute atomic E-state index is 2.38. The van der Waals surface area contributed by atoms with Crippen molar-refractivity contribution in [2.45, 2.75) is 19.4 Å². The highest BCUT2D eigenvalue weighted by Gasteiger charge is 2.29. The Kier molecular flexibility index (Phi) is 2.52. The molecule has 0 aromatic heterocycles. The molecule has 3 rings (SSSR count). The van der Waals surface area contributed by atoms with Crippen LogP contribution in [0, 0.1) is 0 Å². The number of hydrogen-bond acceptors (Lipinski definition) is 0. The largest absolute Gasteiger partial charge is 0.208 e. The first-order valence-electron chi connectivity index (χ1n) is 6.11. The van der Waals surface area contributed by atoms with E-state index in [0.29, 0.717) is 6.04 Å². The van der Waals surface area contributed by atoms with E-state index in [0.717, 1.165) is 6.42 Å². The van der Waals surface area contributed by atoms with Gasteiger partial charge < -0.3 is 0 Å². The van der Waals surface area contributed by atoms with E-state index in [4.69, 9.17) is 0 Å². The van der Waals surface area contributed by atoms with Gasteiger partial charge in [0.25, 0.3) is 0 Å². The van der Waals surface area contributed by atoms with Gasteiger partial charge in [-0.15, -0.1) is 0 Å². The van der Waals surface area contributed by atoms with Gasteiger partial charge in [-0.05, 0) is 19.1 Å². The Hall–Kier alpha value is -1.89. The first-order chi connectivity index (χ1) is 8.34. The van der Waals surface area contributed by atoms with Gasteiger partial charge in [-0.2, -0.15) is 4.58 Å². The van der Waals surface area contributed by atoms with Crippen LogP contribution in [0.5, 0.6) is 0 Å². The van der Waals surface area contributed by atoms with E-state index >= 15 is 0 Å². The number of benzene rings is 2. The molecule has 1 heterocycles. The van der Waals surface area contributed by atoms with Crippen molar-refractivity contribution in [3.05, 3.63) is 65.7 Å². The van der Waals surface area contributed by atoms with E-state index in [-0.39, 0.29) is 0 Å². The van der Waals surface area contributed by atoms with Gasteiger partial charge in [-0.1, -0.05) is 36.4 Å². The van der Waals surface area contributed by atoms with Crippen molar-refractivity contribution in [2.75, 3.05) is 0 Å². The molecule has 1 aliphatic rings. The van der Waals surface area contributed by atoms with E-state index in [1.54, 1.807) is 0 Å². The highest BCUT2D eigenvalue weighted by molar-refractivity contribution is 5.76. The van der Waals surface area contributed by atoms with Crippen molar-refractivity contribution in [1.82, 2.24) is 0 Å². The molecule has 0 aliphatic carbocycles. The molecule has 0 saturated carbocycles. The summed E-state index contributed by atoms with van der Waals surface area (Å²) in [6.45, 7) is 2.28. The van der Waals surface area contributed by atoms with Gasteiger partial charge in [0.2, 0.25) is 5.69 Å². The molecule has 0 radical (unpaired) electrons. The molecule has 0 saturated heterocycles. The van der Waals surface area contributed by atoms with E-state index in [1.807, 2.05) is 0 Å². The summed E-state index contributed by atoms with van der Waals surface area (Å²) in [6.07, 6.45) is 3.38. The zero-order valence-corrected chi connectivity index (χ0v) is 10.0. The molecule has 1 atom stereocenters. The van der Waals surface area contributed by atoms with Crippen molar-refractivity contribution >= 4 is 11.9 Å². The summed E-state index contributed by atoms with van der Waals surface area (Å²) in [4.78, 5) is 0. The molecule has 1 aliphatic heterocycles. The van der Waals surface area contributed by atoms with Gasteiger partial charge in [0.15, 0.2) is 12.3 Å². The fraction of sp³-hybridized carbons (Fsp3) is 0.188. The second-order valence-corrected chi connectivity index (χ2v) is 4.63. The molecule has 0 bridgehead atoms. The molecule has 2 aromatic rings. The topological polar surface area (TPSA) is 3.01 Å². The summed E-state index contributed by atoms with van der Waals surface area (Å²) < 4.78 is 2.38. The lowest BCUT2D eigenvalue weighted by atomic mass is 10.1. The smallest absolute Gasteiger partial charge is 0.195 e. The number of fused-ring (bicyclic) bond motifs is 1. The van der Waals surface area contributed by atoms with Gasteiger partial charge >= 0.3 is 0 Å². The molecule has 0 amide bonds. The molecule has 1 unspecified atom stereocenters. The van der Waals surface area contributed by atoms with Crippen molar-refractivity contribution < 1.29 is 4.58 Å². The van der Waals surface area contributed by atoms with Crippen LogP contribution in [0.15, 0.2) is 54.6 Å². The van der Waals surface area contributed by atoms with Gasteiger partial charge in [0.05, 0.1) is 0 Å². The quantitative estimate of drug-likeness (QED) is 0.651. The molecule has 2 aromatic carbocycles. The van der Waals surface area contributed by atoms with E-state index < -0.39 is 0 Å². The zero-order valence-electron chi connectivity index (χ0n) is 10.0. The summed E-state index contributed by atoms with van der Waals surface area (Å²) >= 11 is 0. The third-order valence-corrected chi connectivity index (χ3v) is 3.35. The first kappa shape index (κ1) is 10.3. The van der Waals surface area contributed by atoms with E-state index in [1.165, 1.54) is 16.8 Å². The predicted molar refractivity (Wildman–Crippen MR) is 71.1 cm³/mol. The maximum Gasteiger partial charge on any atom is 0.208 e. The lowest BCUT2D eigenvalue weighted by Crippen LogP contribution is -2.15. The monoisotopic (exact) mass is 222 g/mol. The summed E-state index contributed by atoms with van der Waals surface area (Å²) in [5.74, 6) is 0. The first-order valence-corrected chi connectivity index (χ1v) is 6.11. The van der Waals surface area contributed by atoms with Crippen molar-refractivity contribution in [3.8, 4) is 0 Å². The fourth-order valence-electron chi connectivity index (χ4n) is 2.49. The number of nitrogens with zero attached hydrogens (tertiary/aromatic N) is 1. The SMILES string of the molecule is CC1Cc2ccccc2[N+]1=Cc1ccccc1. The minimum Gasteiger partial charge on any atom is -0.195 e. The third-order valence-electron chi connectivity index (χ3n) is 3.35. The number of hydrogen-bond donors (Lipinski definition) is 0. The fourth-order valence-corrected chi connectivity index (χ4v) is 2.49. The Morgan fingerprint density at radius 1 is 1.00 bits per heavy atom. The summed E-state index contributed by atoms with van der Waals surface area (Å²) in [5, 5.41) is 0. The normalized spacial score (nSPS) is 20.5. The molecule has 1 heteroatoms. The molecule has 17 heavy (non-hydrogen) atoms. The second-order valence-electron chi connectivity index (χ2n) is 4.63. The third kappa shape index (κ3) is 1.89. The lowest BCUT2D eigenvalue weighted by Gasteiger charge is -2.00. The average molecular weight is 222 g/mol. The van der Waals surface area contributed by atoms with E-state index in [9.17, 15) is 0 Å². The van der Waals surface area contributed by atoms with Gasteiger partial charge in [0.1, 0.15) is 0 Å². The molecule has 0 fully saturated rings. The van der Waals surface area contributed by atoms with Crippen LogP contribution in [-0.2, 0) is 6.42 Å². The molecule has 1 nitrogen and oxygen atoms in total. The number of rotatable bonds is 1. The van der Waals surface area contributed by atoms with Crippen LogP contribution in [0.2, 0.25) is 0 Å². The van der Waals surface area contributed by atoms with Gasteiger partial charge in [-0.3, -0.25) is 0 Å². The Morgan fingerprint density at radius 2 is 1.71 bits per heavy atom. The van der Waals surface area contributed by atoms with Crippen LogP contribution in [0.25, 0.3) is 0 Å². The Labute approximate surface area is 102 Å². The van der Waals surface area contributed by atoms with Crippen LogP contribution >= 0.6 is 0 Å². The van der Waals surface area contributed by atoms with Crippen LogP contribution in [0.3, 0.4) is 0 Å². The average Bonchev–Trinajstić information content (AvgIpc) is 2.68. The molecular weight excluding hydrogens is 206 g/mol. The zero-order chi connectivity index (χ0) is 11.7. The highest BCUT2D eigenvalue weighted by atomic mass is 15.1. The predicted octanol–water partition coefficient (Wildman–Crippen LogP) is 3.39. The highest BCUT2D eigenvalue weighted by Crippen LogP contribution is 2.29. The van der Waals surface area contributed by atoms with E-state index in [2.05, 4.69) is 72.3 Å².